The lowest BCUT2D eigenvalue weighted by molar-refractivity contribution is -0.147. The molecule has 0 aromatic heterocycles. The largest absolute Gasteiger partial charge is 0.386 e. The van der Waals surface area contributed by atoms with Crippen LogP contribution >= 0.6 is 0 Å². The molecule has 0 bridgehead atoms. The van der Waals surface area contributed by atoms with E-state index in [1.165, 1.54) is 44.9 Å². The number of hydrogen-bond acceptors (Lipinski definition) is 2. The number of methoxy groups -OCH3 is 1. The minimum atomic E-state index is -0.602. The van der Waals surface area contributed by atoms with Crippen molar-refractivity contribution in [3.05, 3.63) is 12.7 Å². The van der Waals surface area contributed by atoms with Gasteiger partial charge in [0.05, 0.1) is 11.7 Å². The van der Waals surface area contributed by atoms with Gasteiger partial charge in [0.25, 0.3) is 0 Å². The van der Waals surface area contributed by atoms with E-state index in [4.69, 9.17) is 4.74 Å². The Bertz CT molecular complexity index is 516. The van der Waals surface area contributed by atoms with Gasteiger partial charge >= 0.3 is 0 Å². The number of aliphatic hydroxyl groups is 1. The maximum atomic E-state index is 10.8. The lowest BCUT2D eigenvalue weighted by Gasteiger charge is -2.61. The van der Waals surface area contributed by atoms with E-state index in [9.17, 15) is 5.11 Å². The molecule has 2 heteroatoms. The average Bonchev–Trinajstić information content (AvgIpc) is 2.92. The quantitative estimate of drug-likeness (QED) is 0.724. The summed E-state index contributed by atoms with van der Waals surface area (Å²) in [7, 11) is 1.92. The smallest absolute Gasteiger partial charge is 0.0828 e. The zero-order valence-corrected chi connectivity index (χ0v) is 15.9. The molecule has 0 aromatic carbocycles. The highest BCUT2D eigenvalue weighted by Gasteiger charge is 2.61. The van der Waals surface area contributed by atoms with Crippen LogP contribution in [-0.4, -0.2) is 23.9 Å². The molecule has 0 aromatic rings. The third-order valence-corrected chi connectivity index (χ3v) is 9.34. The monoisotopic (exact) mass is 332 g/mol. The van der Waals surface area contributed by atoms with Crippen LogP contribution in [0.5, 0.6) is 0 Å². The van der Waals surface area contributed by atoms with Gasteiger partial charge in [-0.05, 0) is 92.3 Å². The van der Waals surface area contributed by atoms with Gasteiger partial charge < -0.3 is 9.84 Å². The van der Waals surface area contributed by atoms with Gasteiger partial charge in [0, 0.05) is 7.11 Å². The van der Waals surface area contributed by atoms with Crippen LogP contribution in [0.2, 0.25) is 0 Å². The van der Waals surface area contributed by atoms with Crippen molar-refractivity contribution in [1.29, 1.82) is 0 Å². The van der Waals surface area contributed by atoms with Crippen molar-refractivity contribution in [3.63, 3.8) is 0 Å². The van der Waals surface area contributed by atoms with Crippen LogP contribution in [0.15, 0.2) is 12.7 Å². The first-order valence-electron chi connectivity index (χ1n) is 10.2. The van der Waals surface area contributed by atoms with Gasteiger partial charge in [-0.3, -0.25) is 0 Å². The average molecular weight is 333 g/mol. The highest BCUT2D eigenvalue weighted by atomic mass is 16.5. The Hall–Kier alpha value is -0.340. The van der Waals surface area contributed by atoms with Crippen LogP contribution < -0.4 is 0 Å². The topological polar surface area (TPSA) is 29.5 Å². The molecule has 0 saturated heterocycles. The second-order valence-electron chi connectivity index (χ2n) is 10.0. The summed E-state index contributed by atoms with van der Waals surface area (Å²) in [6, 6.07) is 0. The molecule has 0 spiro atoms. The summed E-state index contributed by atoms with van der Waals surface area (Å²) in [4.78, 5) is 0. The van der Waals surface area contributed by atoms with Gasteiger partial charge in [0.1, 0.15) is 0 Å². The Morgan fingerprint density at radius 3 is 2.42 bits per heavy atom. The normalized spacial score (nSPS) is 56.9. The molecule has 0 aliphatic heterocycles. The second-order valence-corrected chi connectivity index (χ2v) is 10.0. The molecule has 4 rings (SSSR count). The summed E-state index contributed by atoms with van der Waals surface area (Å²) < 4.78 is 5.89. The molecule has 4 fully saturated rings. The van der Waals surface area contributed by atoms with Crippen LogP contribution in [0, 0.1) is 34.5 Å². The SMILES string of the molecule is C=C[C@@]1(O)CC[C@@]2(C)[C@H](CC[C@@H]3[C@@H]2CC[C@]2(C)[C@@H](OC)CC[C@@H]32)C1. The molecule has 1 N–H and O–H groups in total. The van der Waals surface area contributed by atoms with E-state index in [0.29, 0.717) is 22.9 Å². The lowest BCUT2D eigenvalue weighted by atomic mass is 9.44. The molecule has 136 valence electrons. The molecular formula is C22H36O2. The fourth-order valence-electron chi connectivity index (χ4n) is 7.80. The molecule has 2 nitrogen and oxygen atoms in total. The van der Waals surface area contributed by atoms with Gasteiger partial charge in [-0.2, -0.15) is 0 Å². The molecule has 0 amide bonds. The highest BCUT2D eigenvalue weighted by Crippen LogP contribution is 2.67. The zero-order chi connectivity index (χ0) is 17.2. The second kappa shape index (κ2) is 5.58. The van der Waals surface area contributed by atoms with Crippen LogP contribution in [0.1, 0.15) is 71.6 Å². The third kappa shape index (κ3) is 2.21. The summed E-state index contributed by atoms with van der Waals surface area (Å²) in [5.41, 5.74) is 0.245. The number of hydrogen-bond donors (Lipinski definition) is 1. The summed E-state index contributed by atoms with van der Waals surface area (Å²) in [6.45, 7) is 8.98. The van der Waals surface area contributed by atoms with Crippen LogP contribution in [0.4, 0.5) is 0 Å². The third-order valence-electron chi connectivity index (χ3n) is 9.34. The van der Waals surface area contributed by atoms with Crippen LogP contribution in [0.3, 0.4) is 0 Å². The van der Waals surface area contributed by atoms with Crippen molar-refractivity contribution in [3.8, 4) is 0 Å². The molecule has 4 saturated carbocycles. The summed E-state index contributed by atoms with van der Waals surface area (Å²) >= 11 is 0. The van der Waals surface area contributed by atoms with Crippen molar-refractivity contribution in [2.45, 2.75) is 83.3 Å². The predicted molar refractivity (Wildman–Crippen MR) is 97.7 cm³/mol. The maximum Gasteiger partial charge on any atom is 0.0828 e. The number of ether oxygens (including phenoxy) is 1. The molecule has 0 radical (unpaired) electrons. The Kier molecular flexibility index (Phi) is 3.97. The van der Waals surface area contributed by atoms with E-state index in [1.807, 2.05) is 13.2 Å². The van der Waals surface area contributed by atoms with Gasteiger partial charge in [-0.15, -0.1) is 6.58 Å². The number of rotatable bonds is 2. The Balaban J connectivity index is 1.59. The first-order chi connectivity index (χ1) is 11.4. The first-order valence-corrected chi connectivity index (χ1v) is 10.2. The predicted octanol–water partition coefficient (Wildman–Crippen LogP) is 4.96. The molecule has 4 aliphatic rings. The zero-order valence-electron chi connectivity index (χ0n) is 15.9. The van der Waals surface area contributed by atoms with E-state index < -0.39 is 5.60 Å². The van der Waals surface area contributed by atoms with E-state index in [2.05, 4.69) is 20.4 Å². The maximum absolute atomic E-state index is 10.8. The summed E-state index contributed by atoms with van der Waals surface area (Å²) in [5.74, 6) is 3.29. The Morgan fingerprint density at radius 2 is 1.71 bits per heavy atom. The standard InChI is InChI=1S/C22H36O2/c1-5-22(23)13-12-20(2)15(14-22)6-7-16-17-8-9-19(24-4)21(17,3)11-10-18(16)20/h5,15-19,23H,1,6-14H2,2-4H3/t15-,16+,17+,18+,19+,20+,21+,22-/m1/s1. The lowest BCUT2D eigenvalue weighted by Crippen LogP contribution is -2.56. The van der Waals surface area contributed by atoms with E-state index in [0.717, 1.165) is 30.6 Å². The van der Waals surface area contributed by atoms with Crippen molar-refractivity contribution in [2.75, 3.05) is 7.11 Å². The highest BCUT2D eigenvalue weighted by molar-refractivity contribution is 5.12. The van der Waals surface area contributed by atoms with Crippen LogP contribution in [0.25, 0.3) is 0 Å². The molecular weight excluding hydrogens is 296 g/mol. The fourth-order valence-corrected chi connectivity index (χ4v) is 7.80. The fraction of sp³-hybridized carbons (Fsp3) is 0.909. The van der Waals surface area contributed by atoms with Gasteiger partial charge in [-0.25, -0.2) is 0 Å². The molecule has 4 aliphatic carbocycles. The van der Waals surface area contributed by atoms with Crippen LogP contribution in [-0.2, 0) is 4.74 Å². The summed E-state index contributed by atoms with van der Waals surface area (Å²) in [5, 5.41) is 10.8. The number of fused-ring (bicyclic) bond motifs is 5. The van der Waals surface area contributed by atoms with Gasteiger partial charge in [-0.1, -0.05) is 19.9 Å². The molecule has 24 heavy (non-hydrogen) atoms. The van der Waals surface area contributed by atoms with Crippen molar-refractivity contribution in [1.82, 2.24) is 0 Å². The molecule has 0 heterocycles. The minimum Gasteiger partial charge on any atom is -0.386 e. The van der Waals surface area contributed by atoms with Crippen molar-refractivity contribution in [2.24, 2.45) is 34.5 Å². The van der Waals surface area contributed by atoms with Crippen molar-refractivity contribution < 1.29 is 9.84 Å². The first kappa shape index (κ1) is 17.1. The summed E-state index contributed by atoms with van der Waals surface area (Å²) in [6.07, 6.45) is 13.3. The molecule has 0 unspecified atom stereocenters. The molecule has 8 atom stereocenters. The van der Waals surface area contributed by atoms with E-state index in [1.54, 1.807) is 0 Å². The van der Waals surface area contributed by atoms with Crippen molar-refractivity contribution >= 4 is 0 Å². The van der Waals surface area contributed by atoms with Gasteiger partial charge in [0.2, 0.25) is 0 Å². The van der Waals surface area contributed by atoms with Gasteiger partial charge in [0.15, 0.2) is 0 Å². The van der Waals surface area contributed by atoms with E-state index in [-0.39, 0.29) is 0 Å². The Morgan fingerprint density at radius 1 is 0.958 bits per heavy atom. The van der Waals surface area contributed by atoms with E-state index >= 15 is 0 Å². The Labute approximate surface area is 148 Å². The minimum absolute atomic E-state index is 0.412.